The van der Waals surface area contributed by atoms with Crippen molar-refractivity contribution in [2.45, 2.75) is 13.5 Å². The van der Waals surface area contributed by atoms with Crippen molar-refractivity contribution in [1.29, 1.82) is 0 Å². The normalized spacial score (nSPS) is 11.9. The first kappa shape index (κ1) is 20.5. The molecule has 4 rings (SSSR count). The van der Waals surface area contributed by atoms with E-state index in [0.29, 0.717) is 26.7 Å². The Labute approximate surface area is 183 Å². The van der Waals surface area contributed by atoms with Crippen LogP contribution in [0.1, 0.15) is 21.1 Å². The molecule has 30 heavy (non-hydrogen) atoms. The van der Waals surface area contributed by atoms with Crippen molar-refractivity contribution >= 4 is 47.0 Å². The van der Waals surface area contributed by atoms with E-state index in [1.165, 1.54) is 9.75 Å². The van der Waals surface area contributed by atoms with Crippen LogP contribution in [0.25, 0.3) is 24.3 Å². The van der Waals surface area contributed by atoms with Gasteiger partial charge >= 0.3 is 0 Å². The molecule has 0 amide bonds. The Morgan fingerprint density at radius 1 is 0.700 bits per heavy atom. The third kappa shape index (κ3) is 5.87. The lowest BCUT2D eigenvalue weighted by Gasteiger charge is -2.08. The van der Waals surface area contributed by atoms with Gasteiger partial charge < -0.3 is 9.47 Å². The smallest absolute Gasteiger partial charge is 0.140 e. The van der Waals surface area contributed by atoms with Crippen molar-refractivity contribution < 1.29 is 9.47 Å². The van der Waals surface area contributed by atoms with E-state index in [4.69, 9.17) is 9.47 Å². The van der Waals surface area contributed by atoms with Gasteiger partial charge in [0, 0.05) is 22.1 Å². The molecule has 0 bridgehead atoms. The van der Waals surface area contributed by atoms with Crippen molar-refractivity contribution in [1.82, 2.24) is 19.6 Å². The molecule has 6 nitrogen and oxygen atoms in total. The molecule has 4 aromatic heterocycles. The van der Waals surface area contributed by atoms with Gasteiger partial charge in [-0.1, -0.05) is 12.1 Å². The van der Waals surface area contributed by atoms with E-state index in [2.05, 4.69) is 45.2 Å². The molecule has 0 N–H and O–H groups in total. The van der Waals surface area contributed by atoms with Gasteiger partial charge in [-0.2, -0.15) is 10.2 Å². The van der Waals surface area contributed by atoms with Crippen molar-refractivity contribution in [3.8, 4) is 0 Å². The maximum atomic E-state index is 5.70. The van der Waals surface area contributed by atoms with Crippen LogP contribution < -0.4 is 0 Å². The number of thiophene rings is 2. The fourth-order valence-electron chi connectivity index (χ4n) is 2.71. The summed E-state index contributed by atoms with van der Waals surface area (Å²) in [6.07, 6.45) is 11.8. The van der Waals surface area contributed by atoms with Crippen LogP contribution in [0.4, 0.5) is 0 Å². The summed E-state index contributed by atoms with van der Waals surface area (Å²) in [5.41, 5.74) is 2.01. The molecule has 0 aliphatic heterocycles. The van der Waals surface area contributed by atoms with Crippen LogP contribution in [0.5, 0.6) is 0 Å². The maximum Gasteiger partial charge on any atom is 0.140 e. The van der Waals surface area contributed by atoms with Crippen LogP contribution in [0.3, 0.4) is 0 Å². The van der Waals surface area contributed by atoms with Gasteiger partial charge in [-0.05, 0) is 59.3 Å². The molecule has 0 spiro atoms. The van der Waals surface area contributed by atoms with Gasteiger partial charge in [-0.3, -0.25) is 0 Å². The molecular formula is C22H22N4O2S2. The van der Waals surface area contributed by atoms with E-state index >= 15 is 0 Å². The van der Waals surface area contributed by atoms with Crippen molar-refractivity contribution in [3.05, 3.63) is 80.7 Å². The third-order valence-corrected chi connectivity index (χ3v) is 5.90. The summed E-state index contributed by atoms with van der Waals surface area (Å²) in [7, 11) is 0. The zero-order valence-corrected chi connectivity index (χ0v) is 18.0. The van der Waals surface area contributed by atoms with Crippen molar-refractivity contribution in [2.24, 2.45) is 0 Å². The molecule has 0 atom stereocenters. The highest BCUT2D eigenvalue weighted by Gasteiger charge is 2.01. The number of hydrogen-bond acceptors (Lipinski definition) is 6. The van der Waals surface area contributed by atoms with Crippen LogP contribution in [-0.4, -0.2) is 32.8 Å². The monoisotopic (exact) mass is 438 g/mol. The molecule has 0 aliphatic carbocycles. The van der Waals surface area contributed by atoms with Crippen LogP contribution >= 0.6 is 22.7 Å². The van der Waals surface area contributed by atoms with Crippen molar-refractivity contribution in [3.63, 3.8) is 0 Å². The Kier molecular flexibility index (Phi) is 7.41. The van der Waals surface area contributed by atoms with E-state index < -0.39 is 0 Å². The average Bonchev–Trinajstić information content (AvgIpc) is 3.55. The summed E-state index contributed by atoms with van der Waals surface area (Å²) in [5.74, 6) is 0. The highest BCUT2D eigenvalue weighted by Crippen LogP contribution is 2.14. The largest absolute Gasteiger partial charge is 0.357 e. The SMILES string of the molecule is C(=C\c1ccnn1COCCOCn1nccc1/C=C/c1cccs1)/c1cccs1. The van der Waals surface area contributed by atoms with Gasteiger partial charge in [-0.25, -0.2) is 9.36 Å². The predicted octanol–water partition coefficient (Wildman–Crippen LogP) is 5.19. The highest BCUT2D eigenvalue weighted by atomic mass is 32.1. The number of hydrogen-bond donors (Lipinski definition) is 0. The topological polar surface area (TPSA) is 54.1 Å². The van der Waals surface area contributed by atoms with Crippen LogP contribution in [-0.2, 0) is 22.9 Å². The van der Waals surface area contributed by atoms with Gasteiger partial charge in [0.05, 0.1) is 24.6 Å². The molecule has 0 aliphatic rings. The Bertz CT molecular complexity index is 976. The molecule has 0 unspecified atom stereocenters. The van der Waals surface area contributed by atoms with Gasteiger partial charge in [0.15, 0.2) is 0 Å². The number of rotatable bonds is 11. The van der Waals surface area contributed by atoms with Gasteiger partial charge in [0.2, 0.25) is 0 Å². The molecule has 0 saturated carbocycles. The van der Waals surface area contributed by atoms with Crippen LogP contribution in [0.2, 0.25) is 0 Å². The average molecular weight is 439 g/mol. The summed E-state index contributed by atoms with van der Waals surface area (Å²) in [5, 5.41) is 12.7. The van der Waals surface area contributed by atoms with Gasteiger partial charge in [0.1, 0.15) is 13.5 Å². The first-order chi connectivity index (χ1) is 14.9. The fourth-order valence-corrected chi connectivity index (χ4v) is 3.95. The lowest BCUT2D eigenvalue weighted by molar-refractivity contribution is -0.00840. The lowest BCUT2D eigenvalue weighted by Crippen LogP contribution is -2.12. The van der Waals surface area contributed by atoms with E-state index in [1.807, 2.05) is 45.8 Å². The number of aromatic nitrogens is 4. The Morgan fingerprint density at radius 3 is 1.63 bits per heavy atom. The molecular weight excluding hydrogens is 416 g/mol. The van der Waals surface area contributed by atoms with Crippen LogP contribution in [0, 0.1) is 0 Å². The van der Waals surface area contributed by atoms with Crippen LogP contribution in [0.15, 0.2) is 59.6 Å². The van der Waals surface area contributed by atoms with E-state index in [1.54, 1.807) is 35.1 Å². The second kappa shape index (κ2) is 10.8. The second-order valence-corrected chi connectivity index (χ2v) is 8.24. The Hall–Kier alpha value is -2.78. The standard InChI is InChI=1S/C22H22N4O2S2/c1-3-21(29-15-1)7-5-19-9-11-23-25(19)17-27-13-14-28-18-26-20(10-12-24-26)6-8-22-4-2-16-30-22/h1-12,15-16H,13-14,17-18H2/b7-5+,8-6+. The minimum absolute atomic E-state index is 0.386. The molecule has 0 fully saturated rings. The van der Waals surface area contributed by atoms with Crippen molar-refractivity contribution in [2.75, 3.05) is 13.2 Å². The van der Waals surface area contributed by atoms with E-state index in [0.717, 1.165) is 11.4 Å². The first-order valence-corrected chi connectivity index (χ1v) is 11.3. The highest BCUT2D eigenvalue weighted by molar-refractivity contribution is 7.11. The second-order valence-electron chi connectivity index (χ2n) is 6.28. The maximum absolute atomic E-state index is 5.70. The summed E-state index contributed by atoms with van der Waals surface area (Å²) < 4.78 is 15.1. The van der Waals surface area contributed by atoms with E-state index in [-0.39, 0.29) is 0 Å². The van der Waals surface area contributed by atoms with Gasteiger partial charge in [-0.15, -0.1) is 22.7 Å². The zero-order valence-electron chi connectivity index (χ0n) is 16.3. The summed E-state index contributed by atoms with van der Waals surface area (Å²) in [4.78, 5) is 2.42. The Morgan fingerprint density at radius 2 is 1.20 bits per heavy atom. The predicted molar refractivity (Wildman–Crippen MR) is 123 cm³/mol. The molecule has 0 aromatic carbocycles. The molecule has 154 valence electrons. The Balaban J connectivity index is 1.18. The first-order valence-electron chi connectivity index (χ1n) is 9.51. The number of nitrogens with zero attached hydrogens (tertiary/aromatic N) is 4. The lowest BCUT2D eigenvalue weighted by atomic mass is 10.3. The molecule has 4 heterocycles. The summed E-state index contributed by atoms with van der Waals surface area (Å²) in [6.45, 7) is 1.74. The number of ether oxygens (including phenoxy) is 2. The molecule has 0 saturated heterocycles. The third-order valence-electron chi connectivity index (χ3n) is 4.22. The zero-order chi connectivity index (χ0) is 20.4. The quantitative estimate of drug-likeness (QED) is 0.302. The molecule has 4 aromatic rings. The molecule has 0 radical (unpaired) electrons. The summed E-state index contributed by atoms with van der Waals surface area (Å²) in [6, 6.07) is 12.2. The van der Waals surface area contributed by atoms with E-state index in [9.17, 15) is 0 Å². The molecule has 8 heteroatoms. The summed E-state index contributed by atoms with van der Waals surface area (Å²) >= 11 is 3.41. The van der Waals surface area contributed by atoms with Gasteiger partial charge in [0.25, 0.3) is 0 Å². The minimum atomic E-state index is 0.386. The minimum Gasteiger partial charge on any atom is -0.357 e. The fraction of sp³-hybridized carbons (Fsp3) is 0.182.